The number of benzene rings is 3. The highest BCUT2D eigenvalue weighted by molar-refractivity contribution is 7.99. The molecule has 4 aromatic rings. The van der Waals surface area contributed by atoms with E-state index in [0.717, 1.165) is 21.6 Å². The van der Waals surface area contributed by atoms with Gasteiger partial charge in [-0.2, -0.15) is 4.39 Å². The van der Waals surface area contributed by atoms with E-state index in [1.165, 1.54) is 30.0 Å². The molecule has 0 aliphatic carbocycles. The highest BCUT2D eigenvalue weighted by atomic mass is 32.2. The minimum Gasteiger partial charge on any atom is -0.504 e. The zero-order chi connectivity index (χ0) is 32.8. The molecule has 0 bridgehead atoms. The zero-order valence-corrected chi connectivity index (χ0v) is 25.8. The van der Waals surface area contributed by atoms with Crippen molar-refractivity contribution in [2.75, 3.05) is 20.2 Å². The molecule has 0 fully saturated rings. The van der Waals surface area contributed by atoms with E-state index in [9.17, 15) is 14.3 Å². The third-order valence-electron chi connectivity index (χ3n) is 6.96. The lowest BCUT2D eigenvalue weighted by Crippen LogP contribution is -2.19. The van der Waals surface area contributed by atoms with Crippen molar-refractivity contribution in [1.82, 2.24) is 9.88 Å². The molecule has 13 heteroatoms. The Kier molecular flexibility index (Phi) is 10.1. The summed E-state index contributed by atoms with van der Waals surface area (Å²) in [4.78, 5) is 23.7. The average Bonchev–Trinajstić information content (AvgIpc) is 3.47. The molecular weight excluding hydrogens is 616 g/mol. The molecule has 0 spiro atoms. The van der Waals surface area contributed by atoms with Crippen LogP contribution >= 0.6 is 11.8 Å². The van der Waals surface area contributed by atoms with Crippen LogP contribution in [0.4, 0.5) is 8.78 Å². The predicted octanol–water partition coefficient (Wildman–Crippen LogP) is 6.60. The van der Waals surface area contributed by atoms with E-state index >= 15 is 4.39 Å². The first-order valence-electron chi connectivity index (χ1n) is 14.3. The number of nitrogens with one attached hydrogen (secondary N) is 1. The Morgan fingerprint density at radius 1 is 1.09 bits per heavy atom. The van der Waals surface area contributed by atoms with Crippen LogP contribution in [0.25, 0.3) is 0 Å². The highest BCUT2D eigenvalue weighted by Gasteiger charge is 2.27. The standard InChI is InChI=1S/C33H31F2N5O5S/c1-3-43-28(42)13-6-19-4-8-21(9-5-19)46-22-10-12-26(23(17-22)32-38-14-15-40(32)2)44-30-24(34)18-39-33(29(30)35)45-27-16-20(31(36)37)7-11-25(27)41/h4-5,7-12,14,16-18,32,41H,3,6,13,15H2,1-2H3,(H3,36,37). The van der Waals surface area contributed by atoms with E-state index in [4.69, 9.17) is 25.4 Å². The third kappa shape index (κ3) is 7.61. The number of phenols is 1. The summed E-state index contributed by atoms with van der Waals surface area (Å²) < 4.78 is 46.9. The number of aromatic hydroxyl groups is 1. The fourth-order valence-electron chi connectivity index (χ4n) is 4.61. The number of phenolic OH excluding ortho intramolecular Hbond substituents is 1. The minimum absolute atomic E-state index is 0.172. The number of hydrogen-bond acceptors (Lipinski definition) is 10. The van der Waals surface area contributed by atoms with Crippen LogP contribution in [0.3, 0.4) is 0 Å². The van der Waals surface area contributed by atoms with Gasteiger partial charge in [-0.25, -0.2) is 9.37 Å². The summed E-state index contributed by atoms with van der Waals surface area (Å²) in [5, 5.41) is 17.8. The second-order valence-electron chi connectivity index (χ2n) is 10.3. The number of amidine groups is 1. The monoisotopic (exact) mass is 647 g/mol. The number of nitrogens with zero attached hydrogens (tertiary/aromatic N) is 3. The Morgan fingerprint density at radius 2 is 1.85 bits per heavy atom. The fraction of sp³-hybridized carbons (Fsp3) is 0.212. The molecule has 5 rings (SSSR count). The van der Waals surface area contributed by atoms with E-state index in [1.54, 1.807) is 25.3 Å². The maximum atomic E-state index is 15.6. The van der Waals surface area contributed by atoms with Crippen molar-refractivity contribution >= 4 is 29.8 Å². The summed E-state index contributed by atoms with van der Waals surface area (Å²) in [6.45, 7) is 2.71. The van der Waals surface area contributed by atoms with Crippen LogP contribution in [0.15, 0.2) is 81.6 Å². The van der Waals surface area contributed by atoms with Gasteiger partial charge < -0.3 is 25.1 Å². The van der Waals surface area contributed by atoms with Gasteiger partial charge in [0, 0.05) is 40.1 Å². The Bertz CT molecular complexity index is 1790. The van der Waals surface area contributed by atoms with Crippen LogP contribution < -0.4 is 15.2 Å². The lowest BCUT2D eigenvalue weighted by atomic mass is 10.1. The molecule has 1 atom stereocenters. The predicted molar refractivity (Wildman–Crippen MR) is 169 cm³/mol. The van der Waals surface area contributed by atoms with E-state index in [1.807, 2.05) is 42.3 Å². The number of ether oxygens (including phenoxy) is 3. The first-order chi connectivity index (χ1) is 22.1. The molecule has 1 unspecified atom stereocenters. The zero-order valence-electron chi connectivity index (χ0n) is 25.0. The number of carbonyl (C=O) groups is 1. The summed E-state index contributed by atoms with van der Waals surface area (Å²) in [6, 6.07) is 17.0. The van der Waals surface area contributed by atoms with Crippen molar-refractivity contribution in [3.8, 4) is 28.9 Å². The molecule has 1 aromatic heterocycles. The Morgan fingerprint density at radius 3 is 2.54 bits per heavy atom. The summed E-state index contributed by atoms with van der Waals surface area (Å²) in [5.74, 6) is -4.65. The first-order valence-corrected chi connectivity index (χ1v) is 15.1. The molecule has 4 N–H and O–H groups in total. The van der Waals surface area contributed by atoms with Crippen LogP contribution in [0.2, 0.25) is 0 Å². The number of aliphatic imine (C=N–C) groups is 1. The summed E-state index contributed by atoms with van der Waals surface area (Å²) in [7, 11) is 1.87. The number of rotatable bonds is 12. The van der Waals surface area contributed by atoms with Crippen LogP contribution in [-0.4, -0.2) is 53.2 Å². The Hall–Kier alpha value is -5.01. The van der Waals surface area contributed by atoms with E-state index in [-0.39, 0.29) is 34.6 Å². The third-order valence-corrected chi connectivity index (χ3v) is 7.96. The van der Waals surface area contributed by atoms with Crippen molar-refractivity contribution in [2.24, 2.45) is 10.7 Å². The number of hydrogen-bond donors (Lipinski definition) is 3. The number of halogens is 2. The number of pyridine rings is 1. The normalized spacial score (nSPS) is 14.3. The maximum Gasteiger partial charge on any atom is 0.306 e. The van der Waals surface area contributed by atoms with Gasteiger partial charge in [0.2, 0.25) is 11.6 Å². The van der Waals surface area contributed by atoms with Gasteiger partial charge in [0.1, 0.15) is 17.8 Å². The van der Waals surface area contributed by atoms with Gasteiger partial charge in [-0.05, 0) is 74.5 Å². The average molecular weight is 648 g/mol. The van der Waals surface area contributed by atoms with E-state index < -0.39 is 29.4 Å². The number of nitrogen functional groups attached to an aromatic ring is 1. The minimum atomic E-state index is -1.23. The number of nitrogens with two attached hydrogens (primary N) is 1. The van der Waals surface area contributed by atoms with Crippen molar-refractivity contribution in [3.05, 3.63) is 95.2 Å². The topological polar surface area (TPSA) is 143 Å². The molecular formula is C33H31F2N5O5S. The van der Waals surface area contributed by atoms with Gasteiger partial charge in [0.15, 0.2) is 17.3 Å². The van der Waals surface area contributed by atoms with Gasteiger partial charge in [0.05, 0.1) is 12.8 Å². The van der Waals surface area contributed by atoms with E-state index in [2.05, 4.69) is 9.98 Å². The van der Waals surface area contributed by atoms with Crippen LogP contribution in [0, 0.1) is 17.0 Å². The van der Waals surface area contributed by atoms with Gasteiger partial charge in [-0.1, -0.05) is 23.9 Å². The molecule has 1 aliphatic heterocycles. The Balaban J connectivity index is 1.40. The van der Waals surface area contributed by atoms with E-state index in [0.29, 0.717) is 31.6 Å². The molecule has 0 amide bonds. The molecule has 238 valence electrons. The quantitative estimate of drug-likeness (QED) is 0.0881. The van der Waals surface area contributed by atoms with Crippen LogP contribution in [0.1, 0.15) is 36.2 Å². The summed E-state index contributed by atoms with van der Waals surface area (Å²) >= 11 is 1.49. The largest absolute Gasteiger partial charge is 0.504 e. The lowest BCUT2D eigenvalue weighted by Gasteiger charge is -2.22. The molecule has 0 saturated carbocycles. The van der Waals surface area contributed by atoms with Crippen molar-refractivity contribution in [3.63, 3.8) is 0 Å². The van der Waals surface area contributed by atoms with Crippen molar-refractivity contribution < 1.29 is 32.9 Å². The second-order valence-corrected chi connectivity index (χ2v) is 11.4. The fourth-order valence-corrected chi connectivity index (χ4v) is 5.47. The van der Waals surface area contributed by atoms with Crippen molar-refractivity contribution in [1.29, 1.82) is 5.41 Å². The highest BCUT2D eigenvalue weighted by Crippen LogP contribution is 2.41. The Labute approximate surface area is 268 Å². The molecule has 0 radical (unpaired) electrons. The molecule has 10 nitrogen and oxygen atoms in total. The van der Waals surface area contributed by atoms with Crippen LogP contribution in [0.5, 0.6) is 28.9 Å². The second kappa shape index (κ2) is 14.4. The summed E-state index contributed by atoms with van der Waals surface area (Å²) in [5.41, 5.74) is 7.32. The van der Waals surface area contributed by atoms with Gasteiger partial charge in [0.25, 0.3) is 5.88 Å². The molecule has 46 heavy (non-hydrogen) atoms. The van der Waals surface area contributed by atoms with Crippen LogP contribution in [-0.2, 0) is 16.0 Å². The SMILES string of the molecule is CCOC(=O)CCc1ccc(Sc2ccc(Oc3c(F)cnc(Oc4cc(C(=N)N)ccc4O)c3F)c(C3N=CCN3C)c2)cc1. The van der Waals surface area contributed by atoms with Gasteiger partial charge >= 0.3 is 5.97 Å². The van der Waals surface area contributed by atoms with Gasteiger partial charge in [-0.3, -0.25) is 20.1 Å². The molecule has 3 aromatic carbocycles. The number of aromatic nitrogens is 1. The van der Waals surface area contributed by atoms with Gasteiger partial charge in [-0.15, -0.1) is 0 Å². The molecule has 2 heterocycles. The van der Waals surface area contributed by atoms with Crippen molar-refractivity contribution in [2.45, 2.75) is 35.7 Å². The summed E-state index contributed by atoms with van der Waals surface area (Å²) in [6.07, 6.45) is 2.93. The molecule has 1 aliphatic rings. The number of esters is 1. The number of carbonyl (C=O) groups excluding carboxylic acids is 1. The smallest absolute Gasteiger partial charge is 0.306 e. The number of aryl methyl sites for hydroxylation is 1. The first kappa shape index (κ1) is 32.4. The maximum absolute atomic E-state index is 15.6. The molecule has 0 saturated heterocycles. The lowest BCUT2D eigenvalue weighted by molar-refractivity contribution is -0.143.